The molecular formula is C31H36F2N6O4. The summed E-state index contributed by atoms with van der Waals surface area (Å²) in [5.74, 6) is -2.27. The number of halogens is 2. The van der Waals surface area contributed by atoms with Gasteiger partial charge in [-0.2, -0.15) is 0 Å². The van der Waals surface area contributed by atoms with E-state index >= 15 is 0 Å². The van der Waals surface area contributed by atoms with Crippen LogP contribution in [0.2, 0.25) is 0 Å². The van der Waals surface area contributed by atoms with Crippen LogP contribution < -0.4 is 21.1 Å². The second-order valence-electron chi connectivity index (χ2n) is 10.4. The van der Waals surface area contributed by atoms with Crippen LogP contribution in [0, 0.1) is 11.6 Å². The number of hydrogen-bond donors (Lipinski definition) is 3. The molecule has 1 fully saturated rings. The van der Waals surface area contributed by atoms with E-state index in [2.05, 4.69) is 20.5 Å². The monoisotopic (exact) mass is 594 g/mol. The lowest BCUT2D eigenvalue weighted by Gasteiger charge is -2.38. The quantitative estimate of drug-likeness (QED) is 0.289. The van der Waals surface area contributed by atoms with Gasteiger partial charge >= 0.3 is 6.03 Å². The number of ether oxygens (including phenoxy) is 1. The zero-order valence-corrected chi connectivity index (χ0v) is 24.2. The summed E-state index contributed by atoms with van der Waals surface area (Å²) < 4.78 is 34.1. The van der Waals surface area contributed by atoms with Gasteiger partial charge in [0.15, 0.2) is 0 Å². The van der Waals surface area contributed by atoms with E-state index in [-0.39, 0.29) is 17.6 Å². The molecule has 0 atom stereocenters. The third-order valence-electron chi connectivity index (χ3n) is 7.34. The van der Waals surface area contributed by atoms with Crippen molar-refractivity contribution >= 4 is 23.5 Å². The Balaban J connectivity index is 1.32. The summed E-state index contributed by atoms with van der Waals surface area (Å²) in [5.41, 5.74) is 5.95. The first-order valence-corrected chi connectivity index (χ1v) is 14.2. The smallest absolute Gasteiger partial charge is 0.322 e. The largest absolute Gasteiger partial charge is 0.439 e. The van der Waals surface area contributed by atoms with Crippen LogP contribution in [0.25, 0.3) is 0 Å². The molecule has 0 aliphatic carbocycles. The number of nitrogens with one attached hydrogen (secondary N) is 2. The first kappa shape index (κ1) is 31.4. The molecule has 4 rings (SSSR count). The molecule has 0 bridgehead atoms. The van der Waals surface area contributed by atoms with Crippen LogP contribution in [0.1, 0.15) is 58.9 Å². The molecule has 3 aromatic rings. The number of nitrogens with zero attached hydrogens (tertiary/aromatic N) is 3. The third kappa shape index (κ3) is 8.25. The zero-order chi connectivity index (χ0) is 30.9. The molecule has 1 aliphatic rings. The van der Waals surface area contributed by atoms with Gasteiger partial charge in [0.1, 0.15) is 17.4 Å². The number of rotatable bonds is 11. The summed E-state index contributed by atoms with van der Waals surface area (Å²) in [5, 5.41) is 5.08. The van der Waals surface area contributed by atoms with E-state index in [1.165, 1.54) is 0 Å². The molecule has 0 radical (unpaired) electrons. The standard InChI is InChI=1S/C31H36F2N6O4/c1-3-4-13-39(31(42)37-27-16-24(29(34)40)25(32)17-26(27)33)22-11-14-38(15-12-22)19-20-5-10-28(36-18-20)43-23-8-6-21(7-9-23)30(41)35-2/h5-10,16-18,22H,3-4,11-15,19H2,1-2H3,(H2,34,40)(H,35,41)(H,37,42). The fraction of sp³-hybridized carbons (Fsp3) is 0.355. The number of carbonyl (C=O) groups excluding carboxylic acids is 3. The Kier molecular flexibility index (Phi) is 10.6. The van der Waals surface area contributed by atoms with Crippen molar-refractivity contribution in [3.63, 3.8) is 0 Å². The predicted octanol–water partition coefficient (Wildman–Crippen LogP) is 4.91. The maximum atomic E-state index is 14.4. The lowest BCUT2D eigenvalue weighted by Crippen LogP contribution is -2.49. The number of carbonyl (C=O) groups is 3. The van der Waals surface area contributed by atoms with E-state index in [1.807, 2.05) is 13.0 Å². The van der Waals surface area contributed by atoms with Crippen molar-refractivity contribution in [2.75, 3.05) is 32.0 Å². The first-order chi connectivity index (χ1) is 20.7. The average molecular weight is 595 g/mol. The Bertz CT molecular complexity index is 1430. The molecule has 1 aromatic heterocycles. The highest BCUT2D eigenvalue weighted by Gasteiger charge is 2.28. The molecule has 2 heterocycles. The highest BCUT2D eigenvalue weighted by molar-refractivity contribution is 5.96. The second-order valence-corrected chi connectivity index (χ2v) is 10.4. The van der Waals surface area contributed by atoms with E-state index in [0.717, 1.165) is 50.4 Å². The number of unbranched alkanes of at least 4 members (excludes halogenated alkanes) is 1. The van der Waals surface area contributed by atoms with Gasteiger partial charge in [-0.25, -0.2) is 18.6 Å². The number of primary amides is 1. The number of amides is 4. The summed E-state index contributed by atoms with van der Waals surface area (Å²) in [6, 6.07) is 11.4. The van der Waals surface area contributed by atoms with Gasteiger partial charge in [0.05, 0.1) is 11.3 Å². The van der Waals surface area contributed by atoms with E-state index in [1.54, 1.807) is 48.5 Å². The zero-order valence-electron chi connectivity index (χ0n) is 24.2. The Morgan fingerprint density at radius 1 is 1.07 bits per heavy atom. The number of nitrogens with two attached hydrogens (primary N) is 1. The van der Waals surface area contributed by atoms with Crippen LogP contribution in [-0.4, -0.2) is 65.4 Å². The van der Waals surface area contributed by atoms with Gasteiger partial charge in [0.2, 0.25) is 5.88 Å². The number of likely N-dealkylation sites (tertiary alicyclic amines) is 1. The summed E-state index contributed by atoms with van der Waals surface area (Å²) in [6.07, 6.45) is 4.84. The minimum Gasteiger partial charge on any atom is -0.439 e. The van der Waals surface area contributed by atoms with Gasteiger partial charge in [-0.15, -0.1) is 0 Å². The van der Waals surface area contributed by atoms with Crippen molar-refractivity contribution in [1.82, 2.24) is 20.1 Å². The fourth-order valence-corrected chi connectivity index (χ4v) is 4.95. The van der Waals surface area contributed by atoms with Crippen molar-refractivity contribution in [1.29, 1.82) is 0 Å². The summed E-state index contributed by atoms with van der Waals surface area (Å²) in [4.78, 5) is 44.8. The van der Waals surface area contributed by atoms with Gasteiger partial charge in [-0.1, -0.05) is 19.4 Å². The third-order valence-corrected chi connectivity index (χ3v) is 7.34. The highest BCUT2D eigenvalue weighted by Crippen LogP contribution is 2.24. The Hall–Kier alpha value is -4.58. The van der Waals surface area contributed by atoms with Gasteiger partial charge in [0.25, 0.3) is 11.8 Å². The van der Waals surface area contributed by atoms with Crippen LogP contribution >= 0.6 is 0 Å². The summed E-state index contributed by atoms with van der Waals surface area (Å²) >= 11 is 0. The fourth-order valence-electron chi connectivity index (χ4n) is 4.95. The first-order valence-electron chi connectivity index (χ1n) is 14.2. The number of pyridine rings is 1. The average Bonchev–Trinajstić information content (AvgIpc) is 3.00. The summed E-state index contributed by atoms with van der Waals surface area (Å²) in [6.45, 7) is 4.67. The molecule has 1 aliphatic heterocycles. The Morgan fingerprint density at radius 2 is 1.79 bits per heavy atom. The van der Waals surface area contributed by atoms with Gasteiger partial charge < -0.3 is 26.0 Å². The molecule has 4 amide bonds. The number of urea groups is 1. The molecule has 4 N–H and O–H groups in total. The van der Waals surface area contributed by atoms with Gasteiger partial charge in [-0.3, -0.25) is 14.5 Å². The van der Waals surface area contributed by atoms with Crippen molar-refractivity contribution < 1.29 is 27.9 Å². The van der Waals surface area contributed by atoms with Gasteiger partial charge in [-0.05, 0) is 55.2 Å². The second kappa shape index (κ2) is 14.5. The Labute approximate surface area is 249 Å². The van der Waals surface area contributed by atoms with Crippen LogP contribution in [0.4, 0.5) is 19.3 Å². The maximum absolute atomic E-state index is 14.4. The molecule has 0 saturated carbocycles. The van der Waals surface area contributed by atoms with Crippen molar-refractivity contribution in [3.8, 4) is 11.6 Å². The van der Waals surface area contributed by atoms with E-state index in [0.29, 0.717) is 36.3 Å². The number of benzene rings is 2. The van der Waals surface area contributed by atoms with Crippen LogP contribution in [0.3, 0.4) is 0 Å². The predicted molar refractivity (Wildman–Crippen MR) is 158 cm³/mol. The molecule has 0 spiro atoms. The molecule has 12 heteroatoms. The lowest BCUT2D eigenvalue weighted by molar-refractivity contribution is 0.0961. The van der Waals surface area contributed by atoms with Crippen molar-refractivity contribution in [2.24, 2.45) is 5.73 Å². The number of piperidine rings is 1. The molecule has 1 saturated heterocycles. The minimum atomic E-state index is -1.08. The van der Waals surface area contributed by atoms with Crippen LogP contribution in [0.15, 0.2) is 54.7 Å². The number of aromatic nitrogens is 1. The van der Waals surface area contributed by atoms with Gasteiger partial charge in [0, 0.05) is 63.2 Å². The maximum Gasteiger partial charge on any atom is 0.322 e. The molecule has 43 heavy (non-hydrogen) atoms. The number of anilines is 1. The van der Waals surface area contributed by atoms with E-state index < -0.39 is 29.1 Å². The van der Waals surface area contributed by atoms with E-state index in [4.69, 9.17) is 10.5 Å². The van der Waals surface area contributed by atoms with E-state index in [9.17, 15) is 23.2 Å². The molecular weight excluding hydrogens is 558 g/mol. The van der Waals surface area contributed by atoms with Crippen molar-refractivity contribution in [3.05, 3.63) is 83.1 Å². The highest BCUT2D eigenvalue weighted by atomic mass is 19.1. The Morgan fingerprint density at radius 3 is 2.40 bits per heavy atom. The minimum absolute atomic E-state index is 0.0642. The van der Waals surface area contributed by atoms with Crippen molar-refractivity contribution in [2.45, 2.75) is 45.2 Å². The lowest BCUT2D eigenvalue weighted by atomic mass is 10.0. The summed E-state index contributed by atoms with van der Waals surface area (Å²) in [7, 11) is 1.58. The molecule has 0 unspecified atom stereocenters. The van der Waals surface area contributed by atoms with Crippen LogP contribution in [-0.2, 0) is 6.54 Å². The SMILES string of the molecule is CCCCN(C(=O)Nc1cc(C(N)=O)c(F)cc1F)C1CCN(Cc2ccc(Oc3ccc(C(=O)NC)cc3)nc2)CC1. The van der Waals surface area contributed by atoms with Crippen LogP contribution in [0.5, 0.6) is 11.6 Å². The topological polar surface area (TPSA) is 130 Å². The number of hydrogen-bond acceptors (Lipinski definition) is 6. The molecule has 228 valence electrons. The molecule has 10 nitrogen and oxygen atoms in total. The molecule has 2 aromatic carbocycles. The normalized spacial score (nSPS) is 13.8.